The summed E-state index contributed by atoms with van der Waals surface area (Å²) in [5.41, 5.74) is 0. The number of rotatable bonds is 8. The first kappa shape index (κ1) is 16.0. The highest BCUT2D eigenvalue weighted by Crippen LogP contribution is 2.19. The Morgan fingerprint density at radius 2 is 1.61 bits per heavy atom. The molecule has 0 aromatic rings. The van der Waals surface area contributed by atoms with Crippen molar-refractivity contribution in [1.29, 1.82) is 0 Å². The molecule has 18 heavy (non-hydrogen) atoms. The highest BCUT2D eigenvalue weighted by molar-refractivity contribution is 4.78. The molecule has 0 aromatic heterocycles. The van der Waals surface area contributed by atoms with Crippen LogP contribution in [0.1, 0.15) is 72.6 Å². The lowest BCUT2D eigenvalue weighted by atomic mass is 9.99. The molecule has 2 nitrogen and oxygen atoms in total. The first-order valence-corrected chi connectivity index (χ1v) is 7.96. The summed E-state index contributed by atoms with van der Waals surface area (Å²) in [5, 5.41) is 3.70. The van der Waals surface area contributed by atoms with Gasteiger partial charge in [-0.3, -0.25) is 0 Å². The molecular weight excluding hydrogens is 222 g/mol. The summed E-state index contributed by atoms with van der Waals surface area (Å²) in [6, 6.07) is 0.680. The fourth-order valence-corrected chi connectivity index (χ4v) is 2.91. The van der Waals surface area contributed by atoms with Gasteiger partial charge in [0.15, 0.2) is 0 Å². The SMILES string of the molecule is CC(C)CCCCCCNC1CC(C)OC(C)C1. The monoisotopic (exact) mass is 255 g/mol. The molecule has 2 heteroatoms. The van der Waals surface area contributed by atoms with E-state index in [-0.39, 0.29) is 0 Å². The number of unbranched alkanes of at least 4 members (excludes halogenated alkanes) is 3. The molecule has 0 aliphatic carbocycles. The lowest BCUT2D eigenvalue weighted by Gasteiger charge is -2.32. The van der Waals surface area contributed by atoms with Crippen LogP contribution in [0.25, 0.3) is 0 Å². The molecule has 0 spiro atoms. The molecule has 1 fully saturated rings. The van der Waals surface area contributed by atoms with Crippen molar-refractivity contribution in [1.82, 2.24) is 5.32 Å². The molecule has 1 saturated heterocycles. The predicted octanol–water partition coefficient (Wildman–Crippen LogP) is 4.14. The minimum Gasteiger partial charge on any atom is -0.375 e. The van der Waals surface area contributed by atoms with Crippen LogP contribution in [0.15, 0.2) is 0 Å². The van der Waals surface area contributed by atoms with Crippen molar-refractivity contribution < 1.29 is 4.74 Å². The summed E-state index contributed by atoms with van der Waals surface area (Å²) in [7, 11) is 0. The highest BCUT2D eigenvalue weighted by atomic mass is 16.5. The van der Waals surface area contributed by atoms with Gasteiger partial charge in [0.25, 0.3) is 0 Å². The van der Waals surface area contributed by atoms with Gasteiger partial charge in [-0.2, -0.15) is 0 Å². The number of nitrogens with one attached hydrogen (secondary N) is 1. The zero-order chi connectivity index (χ0) is 13.4. The zero-order valence-electron chi connectivity index (χ0n) is 12.9. The molecule has 1 N–H and O–H groups in total. The van der Waals surface area contributed by atoms with E-state index in [1.54, 1.807) is 0 Å². The lowest BCUT2D eigenvalue weighted by molar-refractivity contribution is -0.0420. The molecule has 108 valence electrons. The fraction of sp³-hybridized carbons (Fsp3) is 1.00. The normalized spacial score (nSPS) is 28.8. The van der Waals surface area contributed by atoms with Crippen LogP contribution in [-0.4, -0.2) is 24.8 Å². The largest absolute Gasteiger partial charge is 0.375 e. The Labute approximate surface area is 114 Å². The molecule has 1 aliphatic rings. The van der Waals surface area contributed by atoms with E-state index in [4.69, 9.17) is 4.74 Å². The van der Waals surface area contributed by atoms with Crippen molar-refractivity contribution in [3.63, 3.8) is 0 Å². The van der Waals surface area contributed by atoms with Crippen LogP contribution < -0.4 is 5.32 Å². The van der Waals surface area contributed by atoms with Crippen LogP contribution in [0, 0.1) is 5.92 Å². The van der Waals surface area contributed by atoms with E-state index in [1.165, 1.54) is 51.5 Å². The van der Waals surface area contributed by atoms with Crippen molar-refractivity contribution in [3.8, 4) is 0 Å². The summed E-state index contributed by atoms with van der Waals surface area (Å²) in [6.45, 7) is 10.2. The second kappa shape index (κ2) is 8.92. The minimum absolute atomic E-state index is 0.428. The molecule has 1 rings (SSSR count). The zero-order valence-corrected chi connectivity index (χ0v) is 12.9. The second-order valence-corrected chi connectivity index (χ2v) is 6.48. The first-order valence-electron chi connectivity index (χ1n) is 7.96. The Morgan fingerprint density at radius 1 is 1.00 bits per heavy atom. The molecule has 0 amide bonds. The van der Waals surface area contributed by atoms with Gasteiger partial charge < -0.3 is 10.1 Å². The van der Waals surface area contributed by atoms with E-state index in [2.05, 4.69) is 33.0 Å². The molecule has 1 aliphatic heterocycles. The van der Waals surface area contributed by atoms with Crippen LogP contribution in [0.5, 0.6) is 0 Å². The molecule has 0 aromatic carbocycles. The van der Waals surface area contributed by atoms with E-state index in [0.717, 1.165) is 5.92 Å². The maximum Gasteiger partial charge on any atom is 0.0565 e. The van der Waals surface area contributed by atoms with Gasteiger partial charge >= 0.3 is 0 Å². The topological polar surface area (TPSA) is 21.3 Å². The molecule has 2 atom stereocenters. The van der Waals surface area contributed by atoms with Crippen LogP contribution in [0.3, 0.4) is 0 Å². The van der Waals surface area contributed by atoms with Crippen molar-refractivity contribution >= 4 is 0 Å². The van der Waals surface area contributed by atoms with Gasteiger partial charge in [0.2, 0.25) is 0 Å². The summed E-state index contributed by atoms with van der Waals surface area (Å²) in [4.78, 5) is 0. The van der Waals surface area contributed by atoms with Crippen molar-refractivity contribution in [2.45, 2.75) is 90.9 Å². The van der Waals surface area contributed by atoms with Crippen LogP contribution in [0.4, 0.5) is 0 Å². The quantitative estimate of drug-likeness (QED) is 0.658. The van der Waals surface area contributed by atoms with Crippen molar-refractivity contribution in [2.24, 2.45) is 5.92 Å². The summed E-state index contributed by atoms with van der Waals surface area (Å²) in [6.07, 6.45) is 10.1. The van der Waals surface area contributed by atoms with E-state index in [1.807, 2.05) is 0 Å². The van der Waals surface area contributed by atoms with Gasteiger partial charge in [-0.1, -0.05) is 39.5 Å². The molecule has 0 radical (unpaired) electrons. The van der Waals surface area contributed by atoms with Crippen LogP contribution in [0.2, 0.25) is 0 Å². The Hall–Kier alpha value is -0.0800. The van der Waals surface area contributed by atoms with E-state index >= 15 is 0 Å². The Kier molecular flexibility index (Phi) is 7.92. The smallest absolute Gasteiger partial charge is 0.0565 e. The molecule has 0 bridgehead atoms. The number of hydrogen-bond acceptors (Lipinski definition) is 2. The third kappa shape index (κ3) is 7.38. The van der Waals surface area contributed by atoms with Gasteiger partial charge in [0.1, 0.15) is 0 Å². The predicted molar refractivity (Wildman–Crippen MR) is 79.0 cm³/mol. The summed E-state index contributed by atoms with van der Waals surface area (Å²) >= 11 is 0. The first-order chi connectivity index (χ1) is 8.58. The molecule has 2 unspecified atom stereocenters. The summed E-state index contributed by atoms with van der Waals surface area (Å²) < 4.78 is 5.76. The lowest BCUT2D eigenvalue weighted by Crippen LogP contribution is -2.41. The van der Waals surface area contributed by atoms with Gasteiger partial charge in [-0.25, -0.2) is 0 Å². The molecular formula is C16H33NO. The maximum atomic E-state index is 5.76. The Bertz CT molecular complexity index is 195. The van der Waals surface area contributed by atoms with Gasteiger partial charge in [-0.15, -0.1) is 0 Å². The van der Waals surface area contributed by atoms with Gasteiger partial charge in [0, 0.05) is 6.04 Å². The molecule has 1 heterocycles. The van der Waals surface area contributed by atoms with E-state index in [9.17, 15) is 0 Å². The average Bonchev–Trinajstić information content (AvgIpc) is 2.26. The van der Waals surface area contributed by atoms with Gasteiger partial charge in [-0.05, 0) is 45.6 Å². The number of hydrogen-bond donors (Lipinski definition) is 1. The van der Waals surface area contributed by atoms with Crippen LogP contribution >= 0.6 is 0 Å². The number of ether oxygens (including phenoxy) is 1. The van der Waals surface area contributed by atoms with Crippen molar-refractivity contribution in [2.75, 3.05) is 6.54 Å². The van der Waals surface area contributed by atoms with Crippen LogP contribution in [-0.2, 0) is 4.74 Å². The maximum absolute atomic E-state index is 5.76. The second-order valence-electron chi connectivity index (χ2n) is 6.48. The minimum atomic E-state index is 0.428. The Morgan fingerprint density at radius 3 is 2.22 bits per heavy atom. The van der Waals surface area contributed by atoms with E-state index < -0.39 is 0 Å². The van der Waals surface area contributed by atoms with Gasteiger partial charge in [0.05, 0.1) is 12.2 Å². The average molecular weight is 255 g/mol. The third-order valence-corrected chi connectivity index (χ3v) is 3.84. The van der Waals surface area contributed by atoms with E-state index in [0.29, 0.717) is 18.2 Å². The summed E-state index contributed by atoms with van der Waals surface area (Å²) in [5.74, 6) is 0.869. The standard InChI is InChI=1S/C16H33NO/c1-13(2)9-7-5-6-8-10-17-16-11-14(3)18-15(4)12-16/h13-17H,5-12H2,1-4H3. The molecule has 0 saturated carbocycles. The fourth-order valence-electron chi connectivity index (χ4n) is 2.91. The Balaban J connectivity index is 1.94. The third-order valence-electron chi connectivity index (χ3n) is 3.84. The highest BCUT2D eigenvalue weighted by Gasteiger charge is 2.23. The van der Waals surface area contributed by atoms with Crippen molar-refractivity contribution in [3.05, 3.63) is 0 Å².